The molecule has 15 heavy (non-hydrogen) atoms. The molecule has 76 valence electrons. The predicted octanol–water partition coefficient (Wildman–Crippen LogP) is 1.54. The first-order valence-electron chi connectivity index (χ1n) is 3.94. The van der Waals surface area contributed by atoms with E-state index < -0.39 is 12.0 Å². The Morgan fingerprint density at radius 1 is 1.47 bits per heavy atom. The summed E-state index contributed by atoms with van der Waals surface area (Å²) in [5, 5.41) is 17.1. The van der Waals surface area contributed by atoms with Gasteiger partial charge in [0, 0.05) is 11.1 Å². The summed E-state index contributed by atoms with van der Waals surface area (Å²) in [6.45, 7) is 0. The lowest BCUT2D eigenvalue weighted by Crippen LogP contribution is -2.05. The van der Waals surface area contributed by atoms with Crippen molar-refractivity contribution < 1.29 is 8.78 Å². The van der Waals surface area contributed by atoms with Crippen LogP contribution >= 0.6 is 0 Å². The number of anilines is 1. The number of aromatic nitrogens is 1. The van der Waals surface area contributed by atoms with Gasteiger partial charge in [-0.2, -0.15) is 10.5 Å². The number of nitrogens with two attached hydrogens (primary N) is 1. The number of nitrogen functional groups attached to an aromatic ring is 1. The average Bonchev–Trinajstić information content (AvgIpc) is 2.18. The van der Waals surface area contributed by atoms with E-state index in [0.717, 1.165) is 6.20 Å². The smallest absolute Gasteiger partial charge is 0.266 e. The van der Waals surface area contributed by atoms with Crippen molar-refractivity contribution in [3.05, 3.63) is 23.0 Å². The van der Waals surface area contributed by atoms with Crippen LogP contribution in [0.1, 0.15) is 23.2 Å². The van der Waals surface area contributed by atoms with Crippen molar-refractivity contribution in [3.63, 3.8) is 0 Å². The van der Waals surface area contributed by atoms with Gasteiger partial charge in [0.05, 0.1) is 24.4 Å². The maximum atomic E-state index is 12.6. The van der Waals surface area contributed by atoms with Crippen LogP contribution in [-0.2, 0) is 6.42 Å². The van der Waals surface area contributed by atoms with Gasteiger partial charge in [0.2, 0.25) is 0 Å². The number of hydrogen-bond donors (Lipinski definition) is 1. The third-order valence-electron chi connectivity index (χ3n) is 1.83. The Bertz CT molecular complexity index is 456. The standard InChI is InChI=1S/C9H6F2N4/c10-9(11)8-5(1-2-12)7(3-13)15-4-6(8)14/h4,9H,1,14H2. The highest BCUT2D eigenvalue weighted by molar-refractivity contribution is 5.54. The van der Waals surface area contributed by atoms with Gasteiger partial charge in [-0.05, 0) is 0 Å². The molecule has 1 rings (SSSR count). The molecule has 1 aromatic rings. The van der Waals surface area contributed by atoms with E-state index in [0.29, 0.717) is 0 Å². The summed E-state index contributed by atoms with van der Waals surface area (Å²) in [6, 6.07) is 3.35. The van der Waals surface area contributed by atoms with Gasteiger partial charge in [-0.15, -0.1) is 0 Å². The van der Waals surface area contributed by atoms with Crippen molar-refractivity contribution in [1.29, 1.82) is 10.5 Å². The van der Waals surface area contributed by atoms with E-state index in [2.05, 4.69) is 4.98 Å². The van der Waals surface area contributed by atoms with Gasteiger partial charge in [0.25, 0.3) is 6.43 Å². The molecular formula is C9H6F2N4. The largest absolute Gasteiger partial charge is 0.397 e. The number of pyridine rings is 1. The lowest BCUT2D eigenvalue weighted by Gasteiger charge is -2.09. The first kappa shape index (κ1) is 10.9. The zero-order valence-corrected chi connectivity index (χ0v) is 7.54. The van der Waals surface area contributed by atoms with Crippen molar-refractivity contribution in [2.75, 3.05) is 5.73 Å². The highest BCUT2D eigenvalue weighted by atomic mass is 19.3. The van der Waals surface area contributed by atoms with Crippen LogP contribution in [0.4, 0.5) is 14.5 Å². The Kier molecular flexibility index (Phi) is 3.14. The van der Waals surface area contributed by atoms with Crippen LogP contribution in [0.3, 0.4) is 0 Å². The number of hydrogen-bond acceptors (Lipinski definition) is 4. The van der Waals surface area contributed by atoms with Crippen molar-refractivity contribution in [2.24, 2.45) is 0 Å². The summed E-state index contributed by atoms with van der Waals surface area (Å²) >= 11 is 0. The Labute approximate surface area is 84.6 Å². The molecule has 2 N–H and O–H groups in total. The second kappa shape index (κ2) is 4.34. The average molecular weight is 208 g/mol. The zero-order valence-electron chi connectivity index (χ0n) is 7.54. The molecule has 1 heterocycles. The second-order valence-electron chi connectivity index (χ2n) is 2.70. The van der Waals surface area contributed by atoms with Crippen molar-refractivity contribution in [3.8, 4) is 12.1 Å². The Balaban J connectivity index is 3.47. The van der Waals surface area contributed by atoms with Crippen LogP contribution in [0.2, 0.25) is 0 Å². The molecule has 0 amide bonds. The van der Waals surface area contributed by atoms with E-state index in [1.807, 2.05) is 0 Å². The first-order chi connectivity index (χ1) is 7.11. The van der Waals surface area contributed by atoms with Gasteiger partial charge in [-0.1, -0.05) is 0 Å². The molecule has 0 bridgehead atoms. The molecule has 0 aliphatic rings. The van der Waals surface area contributed by atoms with Gasteiger partial charge < -0.3 is 5.73 Å². The first-order valence-corrected chi connectivity index (χ1v) is 3.94. The molecule has 4 nitrogen and oxygen atoms in total. The summed E-state index contributed by atoms with van der Waals surface area (Å²) in [6.07, 6.45) is -2.12. The summed E-state index contributed by atoms with van der Waals surface area (Å²) in [5.41, 5.74) is 4.38. The molecule has 0 fully saturated rings. The summed E-state index contributed by atoms with van der Waals surface area (Å²) < 4.78 is 25.2. The van der Waals surface area contributed by atoms with Crippen LogP contribution in [0.25, 0.3) is 0 Å². The fraction of sp³-hybridized carbons (Fsp3) is 0.222. The topological polar surface area (TPSA) is 86.5 Å². The number of nitrogens with zero attached hydrogens (tertiary/aromatic N) is 3. The van der Waals surface area contributed by atoms with Gasteiger partial charge >= 0.3 is 0 Å². The minimum atomic E-state index is -2.82. The van der Waals surface area contributed by atoms with E-state index in [1.165, 1.54) is 0 Å². The summed E-state index contributed by atoms with van der Waals surface area (Å²) in [4.78, 5) is 3.59. The molecule has 0 atom stereocenters. The molecule has 0 spiro atoms. The summed E-state index contributed by atoms with van der Waals surface area (Å²) in [5.74, 6) is 0. The number of alkyl halides is 2. The molecule has 0 aliphatic carbocycles. The lowest BCUT2D eigenvalue weighted by atomic mass is 10.0. The minimum absolute atomic E-state index is 0.0880. The molecule has 0 saturated carbocycles. The van der Waals surface area contributed by atoms with Crippen LogP contribution in [0, 0.1) is 22.7 Å². The zero-order chi connectivity index (χ0) is 11.4. The van der Waals surface area contributed by atoms with Crippen molar-refractivity contribution in [2.45, 2.75) is 12.8 Å². The van der Waals surface area contributed by atoms with E-state index in [1.54, 1.807) is 12.1 Å². The number of rotatable bonds is 2. The van der Waals surface area contributed by atoms with Crippen molar-refractivity contribution >= 4 is 5.69 Å². The molecule has 6 heteroatoms. The fourth-order valence-corrected chi connectivity index (χ4v) is 1.20. The third-order valence-corrected chi connectivity index (χ3v) is 1.83. The molecule has 0 unspecified atom stereocenters. The quantitative estimate of drug-likeness (QED) is 0.798. The second-order valence-corrected chi connectivity index (χ2v) is 2.70. The van der Waals surface area contributed by atoms with Gasteiger partial charge in [0.1, 0.15) is 11.8 Å². The Hall–Kier alpha value is -2.21. The minimum Gasteiger partial charge on any atom is -0.397 e. The van der Waals surface area contributed by atoms with Crippen LogP contribution in [-0.4, -0.2) is 4.98 Å². The normalized spacial score (nSPS) is 9.67. The van der Waals surface area contributed by atoms with Crippen LogP contribution < -0.4 is 5.73 Å². The van der Waals surface area contributed by atoms with Crippen LogP contribution in [0.15, 0.2) is 6.20 Å². The Morgan fingerprint density at radius 3 is 2.60 bits per heavy atom. The van der Waals surface area contributed by atoms with Crippen molar-refractivity contribution in [1.82, 2.24) is 4.98 Å². The van der Waals surface area contributed by atoms with E-state index in [9.17, 15) is 8.78 Å². The van der Waals surface area contributed by atoms with Gasteiger partial charge in [0.15, 0.2) is 0 Å². The van der Waals surface area contributed by atoms with Gasteiger partial charge in [-0.25, -0.2) is 13.8 Å². The molecule has 0 radical (unpaired) electrons. The third kappa shape index (κ3) is 2.00. The van der Waals surface area contributed by atoms with E-state index >= 15 is 0 Å². The lowest BCUT2D eigenvalue weighted by molar-refractivity contribution is 0.151. The number of halogens is 2. The van der Waals surface area contributed by atoms with Crippen LogP contribution in [0.5, 0.6) is 0 Å². The maximum absolute atomic E-state index is 12.6. The maximum Gasteiger partial charge on any atom is 0.266 e. The molecule has 0 saturated heterocycles. The Morgan fingerprint density at radius 2 is 2.13 bits per heavy atom. The molecular weight excluding hydrogens is 202 g/mol. The number of nitriles is 2. The highest BCUT2D eigenvalue weighted by Crippen LogP contribution is 2.29. The molecule has 1 aromatic heterocycles. The fourth-order valence-electron chi connectivity index (χ4n) is 1.20. The molecule has 0 aliphatic heterocycles. The molecule has 0 aromatic carbocycles. The predicted molar refractivity (Wildman–Crippen MR) is 47.6 cm³/mol. The monoisotopic (exact) mass is 208 g/mol. The highest BCUT2D eigenvalue weighted by Gasteiger charge is 2.20. The summed E-state index contributed by atoms with van der Waals surface area (Å²) in [7, 11) is 0. The van der Waals surface area contributed by atoms with E-state index in [4.69, 9.17) is 16.3 Å². The van der Waals surface area contributed by atoms with E-state index in [-0.39, 0.29) is 23.4 Å². The van der Waals surface area contributed by atoms with Gasteiger partial charge in [-0.3, -0.25) is 0 Å². The SMILES string of the molecule is N#CCc1c(C#N)ncc(N)c1C(F)F.